The Balaban J connectivity index is 2.34. The Labute approximate surface area is 145 Å². The molecule has 0 fully saturated rings. The summed E-state index contributed by atoms with van der Waals surface area (Å²) in [5.74, 6) is -1.76. The molecule has 0 saturated carbocycles. The van der Waals surface area contributed by atoms with Gasteiger partial charge in [0.05, 0.1) is 23.3 Å². The first-order chi connectivity index (χ1) is 12.1. The van der Waals surface area contributed by atoms with Crippen LogP contribution in [-0.2, 0) is 10.0 Å². The van der Waals surface area contributed by atoms with Crippen LogP contribution in [0.3, 0.4) is 0 Å². The van der Waals surface area contributed by atoms with E-state index >= 15 is 0 Å². The van der Waals surface area contributed by atoms with Crippen LogP contribution in [-0.4, -0.2) is 21.9 Å². The van der Waals surface area contributed by atoms with Gasteiger partial charge in [-0.15, -0.1) is 13.2 Å². The maximum Gasteiger partial charge on any atom is 0.573 e. The van der Waals surface area contributed by atoms with Gasteiger partial charge in [0.15, 0.2) is 11.6 Å². The maximum absolute atomic E-state index is 13.6. The molecule has 2 aromatic rings. The molecule has 1 N–H and O–H groups in total. The van der Waals surface area contributed by atoms with Crippen molar-refractivity contribution in [3.8, 4) is 17.6 Å². The van der Waals surface area contributed by atoms with Crippen molar-refractivity contribution in [2.45, 2.75) is 11.3 Å². The van der Waals surface area contributed by atoms with E-state index < -0.39 is 38.4 Å². The molecule has 0 saturated heterocycles. The summed E-state index contributed by atoms with van der Waals surface area (Å²) in [5.41, 5.74) is -0.775. The highest BCUT2D eigenvalue weighted by Crippen LogP contribution is 2.29. The van der Waals surface area contributed by atoms with Gasteiger partial charge in [0.25, 0.3) is 10.0 Å². The lowest BCUT2D eigenvalue weighted by Gasteiger charge is -2.12. The molecule has 0 aliphatic rings. The first kappa shape index (κ1) is 19.3. The highest BCUT2D eigenvalue weighted by molar-refractivity contribution is 7.92. The zero-order valence-electron chi connectivity index (χ0n) is 13.0. The zero-order valence-corrected chi connectivity index (χ0v) is 13.8. The number of halogens is 4. The first-order valence-electron chi connectivity index (χ1n) is 6.72. The molecule has 26 heavy (non-hydrogen) atoms. The summed E-state index contributed by atoms with van der Waals surface area (Å²) in [6, 6.07) is 6.94. The summed E-state index contributed by atoms with van der Waals surface area (Å²) in [7, 11) is -3.06. The summed E-state index contributed by atoms with van der Waals surface area (Å²) in [6.07, 6.45) is -5.04. The Kier molecular flexibility index (Phi) is 5.27. The van der Waals surface area contributed by atoms with Crippen molar-refractivity contribution in [3.05, 3.63) is 47.8 Å². The highest BCUT2D eigenvalue weighted by atomic mass is 32.2. The van der Waals surface area contributed by atoms with Crippen LogP contribution in [0.2, 0.25) is 0 Å². The normalized spacial score (nSPS) is 11.5. The Hall–Kier alpha value is -3.00. The number of nitrogens with one attached hydrogen (secondary N) is 1. The van der Waals surface area contributed by atoms with E-state index in [1.807, 2.05) is 4.72 Å². The number of benzene rings is 2. The van der Waals surface area contributed by atoms with Crippen LogP contribution >= 0.6 is 0 Å². The first-order valence-corrected chi connectivity index (χ1v) is 8.20. The molecular weight excluding hydrogens is 380 g/mol. The van der Waals surface area contributed by atoms with Gasteiger partial charge in [-0.1, -0.05) is 0 Å². The molecular formula is C15H10F4N2O4S. The topological polar surface area (TPSA) is 88.4 Å². The summed E-state index contributed by atoms with van der Waals surface area (Å²) in [4.78, 5) is -0.500. The van der Waals surface area contributed by atoms with E-state index in [4.69, 9.17) is 10.00 Å². The molecule has 2 rings (SSSR count). The van der Waals surface area contributed by atoms with Crippen LogP contribution in [0.15, 0.2) is 41.3 Å². The van der Waals surface area contributed by atoms with Crippen LogP contribution in [0.1, 0.15) is 5.56 Å². The molecule has 0 aliphatic heterocycles. The SMILES string of the molecule is COc1ccc(NS(=O)(=O)c2ccc(OC(F)(F)F)c(C#N)c2)cc1F. The number of nitrogens with zero attached hydrogens (tertiary/aromatic N) is 1. The quantitative estimate of drug-likeness (QED) is 0.791. The van der Waals surface area contributed by atoms with E-state index in [1.165, 1.54) is 25.3 Å². The molecule has 0 radical (unpaired) electrons. The van der Waals surface area contributed by atoms with Crippen LogP contribution in [0.5, 0.6) is 11.5 Å². The van der Waals surface area contributed by atoms with Gasteiger partial charge in [-0.3, -0.25) is 4.72 Å². The van der Waals surface area contributed by atoms with Gasteiger partial charge in [0.2, 0.25) is 0 Å². The molecule has 0 bridgehead atoms. The van der Waals surface area contributed by atoms with Gasteiger partial charge in [-0.25, -0.2) is 12.8 Å². The van der Waals surface area contributed by atoms with Crippen LogP contribution in [0.4, 0.5) is 23.2 Å². The largest absolute Gasteiger partial charge is 0.573 e. The minimum atomic E-state index is -5.04. The van der Waals surface area contributed by atoms with Crippen molar-refractivity contribution < 1.29 is 35.5 Å². The van der Waals surface area contributed by atoms with Crippen LogP contribution in [0.25, 0.3) is 0 Å². The predicted molar refractivity (Wildman–Crippen MR) is 81.6 cm³/mol. The standard InChI is InChI=1S/C15H10F4N2O4S/c1-24-14-4-2-10(7-12(14)16)21-26(22,23)11-3-5-13(9(6-11)8-20)25-15(17,18)19/h2-7,21H,1H3. The fourth-order valence-corrected chi connectivity index (χ4v) is 3.00. The fraction of sp³-hybridized carbons (Fsp3) is 0.133. The van der Waals surface area contributed by atoms with Crippen molar-refractivity contribution >= 4 is 15.7 Å². The van der Waals surface area contributed by atoms with E-state index in [2.05, 4.69) is 4.74 Å². The minimum Gasteiger partial charge on any atom is -0.494 e. The van der Waals surface area contributed by atoms with Crippen molar-refractivity contribution in [2.24, 2.45) is 0 Å². The highest BCUT2D eigenvalue weighted by Gasteiger charge is 2.32. The lowest BCUT2D eigenvalue weighted by molar-refractivity contribution is -0.274. The minimum absolute atomic E-state index is 0.103. The van der Waals surface area contributed by atoms with E-state index in [-0.39, 0.29) is 11.4 Å². The second kappa shape index (κ2) is 7.09. The molecule has 0 heterocycles. The number of alkyl halides is 3. The van der Waals surface area contributed by atoms with E-state index in [9.17, 15) is 26.0 Å². The third-order valence-electron chi connectivity index (χ3n) is 3.01. The van der Waals surface area contributed by atoms with Crippen molar-refractivity contribution in [1.82, 2.24) is 0 Å². The average molecular weight is 390 g/mol. The number of anilines is 1. The molecule has 0 spiro atoms. The van der Waals surface area contributed by atoms with Gasteiger partial charge in [-0.2, -0.15) is 5.26 Å². The van der Waals surface area contributed by atoms with Crippen LogP contribution < -0.4 is 14.2 Å². The Morgan fingerprint density at radius 1 is 1.12 bits per heavy atom. The monoisotopic (exact) mass is 390 g/mol. The number of methoxy groups -OCH3 is 1. The number of nitriles is 1. The van der Waals surface area contributed by atoms with E-state index in [0.717, 1.165) is 12.1 Å². The predicted octanol–water partition coefficient (Wildman–Crippen LogP) is 3.41. The lowest BCUT2D eigenvalue weighted by Crippen LogP contribution is -2.18. The third kappa shape index (κ3) is 4.54. The second-order valence-corrected chi connectivity index (χ2v) is 6.45. The molecule has 2 aromatic carbocycles. The number of hydrogen-bond acceptors (Lipinski definition) is 5. The van der Waals surface area contributed by atoms with Crippen molar-refractivity contribution in [3.63, 3.8) is 0 Å². The molecule has 0 atom stereocenters. The smallest absolute Gasteiger partial charge is 0.494 e. The Bertz CT molecular complexity index is 969. The molecule has 6 nitrogen and oxygen atoms in total. The zero-order chi connectivity index (χ0) is 19.5. The molecule has 0 amide bonds. The van der Waals surface area contributed by atoms with Gasteiger partial charge >= 0.3 is 6.36 Å². The van der Waals surface area contributed by atoms with Crippen molar-refractivity contribution in [1.29, 1.82) is 5.26 Å². The van der Waals surface area contributed by atoms with Gasteiger partial charge < -0.3 is 9.47 Å². The second-order valence-electron chi connectivity index (χ2n) is 4.77. The third-order valence-corrected chi connectivity index (χ3v) is 4.39. The molecule has 0 aromatic heterocycles. The summed E-state index contributed by atoms with van der Waals surface area (Å²) < 4.78 is 85.4. The maximum atomic E-state index is 13.6. The number of hydrogen-bond donors (Lipinski definition) is 1. The van der Waals surface area contributed by atoms with Crippen LogP contribution in [0, 0.1) is 17.1 Å². The average Bonchev–Trinajstić information content (AvgIpc) is 2.53. The Morgan fingerprint density at radius 2 is 1.77 bits per heavy atom. The summed E-state index contributed by atoms with van der Waals surface area (Å²) in [5, 5.41) is 8.91. The molecule has 0 unspecified atom stereocenters. The lowest BCUT2D eigenvalue weighted by atomic mass is 10.2. The number of ether oxygens (including phenoxy) is 2. The van der Waals surface area contributed by atoms with Gasteiger partial charge in [0.1, 0.15) is 11.8 Å². The molecule has 138 valence electrons. The number of sulfonamides is 1. The van der Waals surface area contributed by atoms with Gasteiger partial charge in [-0.05, 0) is 30.3 Å². The summed E-state index contributed by atoms with van der Waals surface area (Å²) >= 11 is 0. The summed E-state index contributed by atoms with van der Waals surface area (Å²) in [6.45, 7) is 0. The molecule has 11 heteroatoms. The number of rotatable bonds is 5. The molecule has 0 aliphatic carbocycles. The fourth-order valence-electron chi connectivity index (χ4n) is 1.92. The van der Waals surface area contributed by atoms with Crippen molar-refractivity contribution in [2.75, 3.05) is 11.8 Å². The van der Waals surface area contributed by atoms with Gasteiger partial charge in [0, 0.05) is 6.07 Å². The van der Waals surface area contributed by atoms with E-state index in [0.29, 0.717) is 12.1 Å². The Morgan fingerprint density at radius 3 is 2.31 bits per heavy atom. The van der Waals surface area contributed by atoms with E-state index in [1.54, 1.807) is 0 Å².